The molecule has 0 spiro atoms. The van der Waals surface area contributed by atoms with Gasteiger partial charge in [0.2, 0.25) is 5.91 Å². The number of carbonyl (C=O) groups is 2. The third kappa shape index (κ3) is 5.48. The van der Waals surface area contributed by atoms with Crippen molar-refractivity contribution in [3.8, 4) is 5.75 Å². The topological polar surface area (TPSA) is 66.2 Å². The van der Waals surface area contributed by atoms with E-state index < -0.39 is 5.41 Å². The summed E-state index contributed by atoms with van der Waals surface area (Å²) >= 11 is 0. The Bertz CT molecular complexity index is 1290. The highest BCUT2D eigenvalue weighted by atomic mass is 16.5. The van der Waals surface area contributed by atoms with Crippen molar-refractivity contribution >= 4 is 11.8 Å². The maximum absolute atomic E-state index is 13.4. The molecule has 2 aliphatic rings. The number of nitrogens with zero attached hydrogens (tertiary/aromatic N) is 3. The van der Waals surface area contributed by atoms with Crippen LogP contribution in [-0.2, 0) is 17.8 Å². The molecule has 1 saturated heterocycles. The summed E-state index contributed by atoms with van der Waals surface area (Å²) in [6.45, 7) is 9.94. The van der Waals surface area contributed by atoms with Gasteiger partial charge in [-0.25, -0.2) is 0 Å². The fourth-order valence-corrected chi connectivity index (χ4v) is 5.22. The maximum Gasteiger partial charge on any atom is 0.289 e. The first-order valence-electron chi connectivity index (χ1n) is 13.4. The number of hydrogen-bond donors (Lipinski definition) is 0. The zero-order valence-corrected chi connectivity index (χ0v) is 22.8. The summed E-state index contributed by atoms with van der Waals surface area (Å²) in [7, 11) is 2.06. The van der Waals surface area contributed by atoms with Crippen LogP contribution in [0.3, 0.4) is 0 Å². The summed E-state index contributed by atoms with van der Waals surface area (Å²) in [4.78, 5) is 32.3. The van der Waals surface area contributed by atoms with Crippen LogP contribution in [0.2, 0.25) is 0 Å². The van der Waals surface area contributed by atoms with Gasteiger partial charge < -0.3 is 23.9 Å². The second kappa shape index (κ2) is 10.7. The molecule has 1 fully saturated rings. The zero-order valence-electron chi connectivity index (χ0n) is 22.8. The molecule has 7 heteroatoms. The van der Waals surface area contributed by atoms with E-state index in [1.54, 1.807) is 12.1 Å². The molecule has 2 aliphatic heterocycles. The molecular weight excluding hydrogens is 478 g/mol. The molecule has 200 valence electrons. The van der Waals surface area contributed by atoms with Crippen molar-refractivity contribution in [3.05, 3.63) is 88.9 Å². The number of piperazine rings is 1. The molecule has 1 aromatic heterocycles. The number of furan rings is 1. The largest absolute Gasteiger partial charge is 0.486 e. The highest BCUT2D eigenvalue weighted by Gasteiger charge is 2.37. The van der Waals surface area contributed by atoms with E-state index in [1.807, 2.05) is 60.9 Å². The van der Waals surface area contributed by atoms with Crippen molar-refractivity contribution in [2.24, 2.45) is 5.41 Å². The number of benzene rings is 2. The van der Waals surface area contributed by atoms with Crippen LogP contribution in [0.4, 0.5) is 0 Å². The third-order valence-electron chi connectivity index (χ3n) is 7.41. The summed E-state index contributed by atoms with van der Waals surface area (Å²) in [6, 6.07) is 19.7. The molecular formula is C31H37N3O4. The summed E-state index contributed by atoms with van der Waals surface area (Å²) in [5.41, 5.74) is 2.92. The summed E-state index contributed by atoms with van der Waals surface area (Å²) in [5.74, 6) is 1.71. The molecule has 0 radical (unpaired) electrons. The quantitative estimate of drug-likeness (QED) is 0.490. The average Bonchev–Trinajstić information content (AvgIpc) is 3.40. The molecule has 0 saturated carbocycles. The van der Waals surface area contributed by atoms with Crippen molar-refractivity contribution in [1.82, 2.24) is 14.7 Å². The number of rotatable bonds is 5. The number of hydrogen-bond acceptors (Lipinski definition) is 5. The lowest BCUT2D eigenvalue weighted by Gasteiger charge is -2.41. The van der Waals surface area contributed by atoms with Crippen molar-refractivity contribution in [3.63, 3.8) is 0 Å². The fourth-order valence-electron chi connectivity index (χ4n) is 5.22. The first-order chi connectivity index (χ1) is 18.2. The lowest BCUT2D eigenvalue weighted by atomic mass is 9.85. The minimum Gasteiger partial charge on any atom is -0.486 e. The molecule has 0 bridgehead atoms. The van der Waals surface area contributed by atoms with Gasteiger partial charge in [0.25, 0.3) is 5.91 Å². The minimum atomic E-state index is -0.475. The van der Waals surface area contributed by atoms with Crippen LogP contribution < -0.4 is 4.74 Å². The van der Waals surface area contributed by atoms with E-state index in [-0.39, 0.29) is 24.5 Å². The average molecular weight is 516 g/mol. The molecule has 3 aromatic rings. The molecule has 5 rings (SSSR count). The van der Waals surface area contributed by atoms with Crippen LogP contribution in [0.15, 0.2) is 65.1 Å². The van der Waals surface area contributed by atoms with Gasteiger partial charge in [-0.05, 0) is 54.4 Å². The SMILES string of the molecule is CN1CCN(C(=O)c2ccc(COc3ccc4c(c3)[C@@H](c3ccccc3)N(C(=O)C(C)(C)C)CC4)o2)CC1. The molecule has 0 N–H and O–H groups in total. The monoisotopic (exact) mass is 515 g/mol. The molecule has 2 aromatic carbocycles. The Hall–Kier alpha value is -3.58. The van der Waals surface area contributed by atoms with E-state index in [9.17, 15) is 9.59 Å². The molecule has 7 nitrogen and oxygen atoms in total. The van der Waals surface area contributed by atoms with Crippen LogP contribution in [-0.4, -0.2) is 66.3 Å². The lowest BCUT2D eigenvalue weighted by molar-refractivity contribution is -0.141. The Morgan fingerprint density at radius 1 is 0.947 bits per heavy atom. The predicted octanol–water partition coefficient (Wildman–Crippen LogP) is 4.77. The summed E-state index contributed by atoms with van der Waals surface area (Å²) < 4.78 is 12.0. The molecule has 38 heavy (non-hydrogen) atoms. The van der Waals surface area contributed by atoms with E-state index in [0.717, 1.165) is 30.6 Å². The molecule has 0 aliphatic carbocycles. The van der Waals surface area contributed by atoms with Gasteiger partial charge in [-0.1, -0.05) is 57.2 Å². The number of likely N-dealkylation sites (N-methyl/N-ethyl adjacent to an activating group) is 1. The first-order valence-corrected chi connectivity index (χ1v) is 13.4. The highest BCUT2D eigenvalue weighted by Crippen LogP contribution is 2.39. The summed E-state index contributed by atoms with van der Waals surface area (Å²) in [6.07, 6.45) is 0.802. The Balaban J connectivity index is 1.34. The van der Waals surface area contributed by atoms with Crippen molar-refractivity contribution in [2.75, 3.05) is 39.8 Å². The van der Waals surface area contributed by atoms with Gasteiger partial charge in [0, 0.05) is 38.1 Å². The number of fused-ring (bicyclic) bond motifs is 1. The third-order valence-corrected chi connectivity index (χ3v) is 7.41. The molecule has 2 amide bonds. The number of amides is 2. The van der Waals surface area contributed by atoms with Crippen molar-refractivity contribution < 1.29 is 18.7 Å². The predicted molar refractivity (Wildman–Crippen MR) is 146 cm³/mol. The van der Waals surface area contributed by atoms with E-state index in [2.05, 4.69) is 30.1 Å². The van der Waals surface area contributed by atoms with Crippen LogP contribution in [0.25, 0.3) is 0 Å². The Labute approximate surface area is 225 Å². The fraction of sp³-hybridized carbons (Fsp3) is 0.419. The second-order valence-corrected chi connectivity index (χ2v) is 11.3. The number of ether oxygens (including phenoxy) is 1. The Kier molecular flexibility index (Phi) is 7.30. The normalized spacial score (nSPS) is 18.3. The molecule has 0 unspecified atom stereocenters. The summed E-state index contributed by atoms with van der Waals surface area (Å²) in [5, 5.41) is 0. The van der Waals surface area contributed by atoms with Crippen LogP contribution >= 0.6 is 0 Å². The smallest absolute Gasteiger partial charge is 0.289 e. The Morgan fingerprint density at radius 2 is 1.68 bits per heavy atom. The van der Waals surface area contributed by atoms with Crippen LogP contribution in [0.5, 0.6) is 5.75 Å². The van der Waals surface area contributed by atoms with Gasteiger partial charge in [-0.3, -0.25) is 9.59 Å². The zero-order chi connectivity index (χ0) is 26.9. The Morgan fingerprint density at radius 3 is 2.39 bits per heavy atom. The van der Waals surface area contributed by atoms with E-state index in [4.69, 9.17) is 9.15 Å². The van der Waals surface area contributed by atoms with Gasteiger partial charge >= 0.3 is 0 Å². The van der Waals surface area contributed by atoms with Crippen molar-refractivity contribution in [1.29, 1.82) is 0 Å². The highest BCUT2D eigenvalue weighted by molar-refractivity contribution is 5.91. The van der Waals surface area contributed by atoms with E-state index in [0.29, 0.717) is 36.9 Å². The van der Waals surface area contributed by atoms with Crippen molar-refractivity contribution in [2.45, 2.75) is 39.8 Å². The van der Waals surface area contributed by atoms with Gasteiger partial charge in [0.15, 0.2) is 5.76 Å². The van der Waals surface area contributed by atoms with Gasteiger partial charge in [-0.15, -0.1) is 0 Å². The van der Waals surface area contributed by atoms with Crippen LogP contribution in [0, 0.1) is 5.41 Å². The molecule has 1 atom stereocenters. The van der Waals surface area contributed by atoms with Crippen LogP contribution in [0.1, 0.15) is 59.8 Å². The maximum atomic E-state index is 13.4. The van der Waals surface area contributed by atoms with Gasteiger partial charge in [0.05, 0.1) is 6.04 Å². The standard InChI is InChI=1S/C31H37N3O4/c1-31(2,3)30(36)34-15-14-22-10-11-24(20-26(22)28(34)23-8-6-5-7-9-23)37-21-25-12-13-27(38-25)29(35)33-18-16-32(4)17-19-33/h5-13,20,28H,14-19,21H2,1-4H3/t28-/m1/s1. The van der Waals surface area contributed by atoms with Gasteiger partial charge in [-0.2, -0.15) is 0 Å². The number of carbonyl (C=O) groups excluding carboxylic acids is 2. The van der Waals surface area contributed by atoms with E-state index >= 15 is 0 Å². The second-order valence-electron chi connectivity index (χ2n) is 11.3. The van der Waals surface area contributed by atoms with Gasteiger partial charge in [0.1, 0.15) is 18.1 Å². The molecule has 3 heterocycles. The lowest BCUT2D eigenvalue weighted by Crippen LogP contribution is -2.47. The van der Waals surface area contributed by atoms with E-state index in [1.165, 1.54) is 5.56 Å². The first kappa shape index (κ1) is 26.0. The minimum absolute atomic E-state index is 0.0764.